The van der Waals surface area contributed by atoms with Gasteiger partial charge in [-0.05, 0) is 38.6 Å². The zero-order chi connectivity index (χ0) is 17.6. The van der Waals surface area contributed by atoms with Crippen molar-refractivity contribution in [3.05, 3.63) is 24.3 Å². The predicted molar refractivity (Wildman–Crippen MR) is 95.7 cm³/mol. The van der Waals surface area contributed by atoms with Gasteiger partial charge >= 0.3 is 0 Å². The zero-order valence-electron chi connectivity index (χ0n) is 15.2. The van der Waals surface area contributed by atoms with Crippen LogP contribution < -0.4 is 0 Å². The molecule has 3 atom stereocenters. The largest absolute Gasteiger partial charge is 0.391 e. The Balaban J connectivity index is 1.62. The Morgan fingerprint density at radius 1 is 1.16 bits per heavy atom. The third kappa shape index (κ3) is 4.76. The average Bonchev–Trinajstić information content (AvgIpc) is 2.87. The molecule has 0 radical (unpaired) electrons. The average molecular weight is 346 g/mol. The Morgan fingerprint density at radius 3 is 2.64 bits per heavy atom. The lowest BCUT2D eigenvalue weighted by Gasteiger charge is -2.37. The second kappa shape index (κ2) is 8.72. The molecule has 6 heteroatoms. The minimum absolute atomic E-state index is 0.111. The molecule has 1 aromatic rings. The SMILES string of the molecule is CC(=O)N(Cc1cncnc1)[C@@H]1CCCN([C@H]2CCCC[C@H]2O)CC1. The first-order valence-corrected chi connectivity index (χ1v) is 9.58. The third-order valence-corrected chi connectivity index (χ3v) is 5.71. The van der Waals surface area contributed by atoms with Crippen LogP contribution in [0.25, 0.3) is 0 Å². The summed E-state index contributed by atoms with van der Waals surface area (Å²) in [6.07, 6.45) is 12.3. The van der Waals surface area contributed by atoms with Gasteiger partial charge in [0.15, 0.2) is 0 Å². The maximum absolute atomic E-state index is 12.2. The van der Waals surface area contributed by atoms with E-state index in [1.807, 2.05) is 4.90 Å². The number of amides is 1. The molecule has 0 unspecified atom stereocenters. The molecule has 0 aromatic carbocycles. The van der Waals surface area contributed by atoms with Gasteiger partial charge in [0.05, 0.1) is 6.10 Å². The molecule has 2 heterocycles. The summed E-state index contributed by atoms with van der Waals surface area (Å²) in [5, 5.41) is 10.4. The Hall–Kier alpha value is -1.53. The van der Waals surface area contributed by atoms with Gasteiger partial charge in [-0.1, -0.05) is 12.8 Å². The molecular weight excluding hydrogens is 316 g/mol. The lowest BCUT2D eigenvalue weighted by molar-refractivity contribution is -0.132. The van der Waals surface area contributed by atoms with Crippen LogP contribution in [0.4, 0.5) is 0 Å². The van der Waals surface area contributed by atoms with Crippen molar-refractivity contribution in [2.45, 2.75) is 76.6 Å². The van der Waals surface area contributed by atoms with Crippen LogP contribution in [0.5, 0.6) is 0 Å². The van der Waals surface area contributed by atoms with E-state index in [0.717, 1.165) is 57.2 Å². The van der Waals surface area contributed by atoms with Crippen molar-refractivity contribution in [2.75, 3.05) is 13.1 Å². The Morgan fingerprint density at radius 2 is 1.92 bits per heavy atom. The molecule has 138 valence electrons. The minimum atomic E-state index is -0.185. The van der Waals surface area contributed by atoms with E-state index in [-0.39, 0.29) is 18.1 Å². The van der Waals surface area contributed by atoms with Gasteiger partial charge in [0.1, 0.15) is 6.33 Å². The summed E-state index contributed by atoms with van der Waals surface area (Å²) in [6, 6.07) is 0.559. The topological polar surface area (TPSA) is 69.6 Å². The normalized spacial score (nSPS) is 28.3. The van der Waals surface area contributed by atoms with Gasteiger partial charge in [0, 0.05) is 50.1 Å². The molecule has 1 amide bonds. The van der Waals surface area contributed by atoms with Crippen molar-refractivity contribution in [3.8, 4) is 0 Å². The molecule has 2 aliphatic rings. The second-order valence-corrected chi connectivity index (χ2v) is 7.43. The molecule has 1 aliphatic heterocycles. The number of nitrogens with zero attached hydrogens (tertiary/aromatic N) is 4. The predicted octanol–water partition coefficient (Wildman–Crippen LogP) is 1.98. The first kappa shape index (κ1) is 18.3. The van der Waals surface area contributed by atoms with Crippen LogP contribution in [0.2, 0.25) is 0 Å². The fourth-order valence-electron chi connectivity index (χ4n) is 4.37. The number of aromatic nitrogens is 2. The number of aliphatic hydroxyl groups excluding tert-OH is 1. The zero-order valence-corrected chi connectivity index (χ0v) is 15.2. The van der Waals surface area contributed by atoms with E-state index in [0.29, 0.717) is 12.6 Å². The van der Waals surface area contributed by atoms with Gasteiger partial charge in [0.2, 0.25) is 5.91 Å². The van der Waals surface area contributed by atoms with E-state index in [1.165, 1.54) is 12.7 Å². The smallest absolute Gasteiger partial charge is 0.219 e. The van der Waals surface area contributed by atoms with Gasteiger partial charge in [-0.25, -0.2) is 9.97 Å². The van der Waals surface area contributed by atoms with Crippen LogP contribution in [-0.4, -0.2) is 62.1 Å². The highest BCUT2D eigenvalue weighted by Crippen LogP contribution is 2.27. The summed E-state index contributed by atoms with van der Waals surface area (Å²) in [6.45, 7) is 4.21. The van der Waals surface area contributed by atoms with Crippen LogP contribution in [0.1, 0.15) is 57.4 Å². The maximum Gasteiger partial charge on any atom is 0.219 e. The molecule has 1 N–H and O–H groups in total. The van der Waals surface area contributed by atoms with Crippen LogP contribution in [-0.2, 0) is 11.3 Å². The first-order chi connectivity index (χ1) is 12.1. The molecular formula is C19H30N4O2. The van der Waals surface area contributed by atoms with E-state index < -0.39 is 0 Å². The molecule has 1 aromatic heterocycles. The van der Waals surface area contributed by atoms with E-state index in [2.05, 4.69) is 14.9 Å². The molecule has 25 heavy (non-hydrogen) atoms. The Kier molecular flexibility index (Phi) is 6.37. The van der Waals surface area contributed by atoms with Gasteiger partial charge in [-0.15, -0.1) is 0 Å². The summed E-state index contributed by atoms with van der Waals surface area (Å²) in [5.41, 5.74) is 0.974. The van der Waals surface area contributed by atoms with Crippen molar-refractivity contribution in [1.82, 2.24) is 19.8 Å². The summed E-state index contributed by atoms with van der Waals surface area (Å²) >= 11 is 0. The fourth-order valence-corrected chi connectivity index (χ4v) is 4.37. The molecule has 6 nitrogen and oxygen atoms in total. The van der Waals surface area contributed by atoms with Crippen LogP contribution >= 0.6 is 0 Å². The van der Waals surface area contributed by atoms with Gasteiger partial charge in [-0.3, -0.25) is 9.69 Å². The van der Waals surface area contributed by atoms with E-state index in [1.54, 1.807) is 19.3 Å². The van der Waals surface area contributed by atoms with Gasteiger partial charge < -0.3 is 10.0 Å². The Labute approximate surface area is 150 Å². The van der Waals surface area contributed by atoms with Crippen LogP contribution in [0, 0.1) is 0 Å². The fraction of sp³-hybridized carbons (Fsp3) is 0.737. The molecule has 1 aliphatic carbocycles. The molecule has 2 fully saturated rings. The highest BCUT2D eigenvalue weighted by molar-refractivity contribution is 5.73. The standard InChI is InChI=1S/C19H30N4O2/c1-15(24)23(13-16-11-20-14-21-12-16)17-5-4-9-22(10-8-17)18-6-2-3-7-19(18)25/h11-12,14,17-19,25H,2-10,13H2,1H3/t17-,18+,19-/m1/s1. The number of likely N-dealkylation sites (tertiary alicyclic amines) is 1. The Bertz CT molecular complexity index is 554. The quantitative estimate of drug-likeness (QED) is 0.903. The second-order valence-electron chi connectivity index (χ2n) is 7.43. The molecule has 0 bridgehead atoms. The van der Waals surface area contributed by atoms with Crippen molar-refractivity contribution in [1.29, 1.82) is 0 Å². The third-order valence-electron chi connectivity index (χ3n) is 5.71. The van der Waals surface area contributed by atoms with Crippen molar-refractivity contribution >= 4 is 5.91 Å². The first-order valence-electron chi connectivity index (χ1n) is 9.58. The summed E-state index contributed by atoms with van der Waals surface area (Å²) in [7, 11) is 0. The highest BCUT2D eigenvalue weighted by atomic mass is 16.3. The number of carbonyl (C=O) groups excluding carboxylic acids is 1. The molecule has 1 saturated carbocycles. The number of rotatable bonds is 4. The van der Waals surface area contributed by atoms with Gasteiger partial charge in [-0.2, -0.15) is 0 Å². The number of hydrogen-bond donors (Lipinski definition) is 1. The summed E-state index contributed by atoms with van der Waals surface area (Å²) in [5.74, 6) is 0.111. The van der Waals surface area contributed by atoms with Crippen molar-refractivity contribution in [2.24, 2.45) is 0 Å². The van der Waals surface area contributed by atoms with Gasteiger partial charge in [0.25, 0.3) is 0 Å². The van der Waals surface area contributed by atoms with E-state index in [4.69, 9.17) is 0 Å². The van der Waals surface area contributed by atoms with E-state index in [9.17, 15) is 9.90 Å². The summed E-state index contributed by atoms with van der Waals surface area (Å²) in [4.78, 5) is 24.8. The lowest BCUT2D eigenvalue weighted by atomic mass is 9.91. The highest BCUT2D eigenvalue weighted by Gasteiger charge is 2.32. The lowest BCUT2D eigenvalue weighted by Crippen LogP contribution is -2.46. The number of hydrogen-bond acceptors (Lipinski definition) is 5. The summed E-state index contributed by atoms with van der Waals surface area (Å²) < 4.78 is 0. The number of aliphatic hydroxyl groups is 1. The molecule has 1 saturated heterocycles. The molecule has 0 spiro atoms. The van der Waals surface area contributed by atoms with Crippen molar-refractivity contribution in [3.63, 3.8) is 0 Å². The van der Waals surface area contributed by atoms with E-state index >= 15 is 0 Å². The number of carbonyl (C=O) groups is 1. The minimum Gasteiger partial charge on any atom is -0.391 e. The van der Waals surface area contributed by atoms with Crippen LogP contribution in [0.15, 0.2) is 18.7 Å². The van der Waals surface area contributed by atoms with Crippen molar-refractivity contribution < 1.29 is 9.90 Å². The van der Waals surface area contributed by atoms with Crippen LogP contribution in [0.3, 0.4) is 0 Å². The molecule has 3 rings (SSSR count). The monoisotopic (exact) mass is 346 g/mol. The maximum atomic E-state index is 12.2.